The second-order valence-corrected chi connectivity index (χ2v) is 8.60. The van der Waals surface area contributed by atoms with Gasteiger partial charge in [0, 0.05) is 37.9 Å². The van der Waals surface area contributed by atoms with Gasteiger partial charge in [0.25, 0.3) is 5.91 Å². The van der Waals surface area contributed by atoms with Gasteiger partial charge in [0.1, 0.15) is 23.5 Å². The molecule has 2 aliphatic heterocycles. The molecule has 0 N–H and O–H groups in total. The van der Waals surface area contributed by atoms with E-state index in [-0.39, 0.29) is 5.91 Å². The molecule has 30 heavy (non-hydrogen) atoms. The van der Waals surface area contributed by atoms with E-state index in [4.69, 9.17) is 7.85 Å². The van der Waals surface area contributed by atoms with Crippen LogP contribution in [0.25, 0.3) is 10.6 Å². The zero-order valence-electron chi connectivity index (χ0n) is 16.6. The Kier molecular flexibility index (Phi) is 4.77. The van der Waals surface area contributed by atoms with Gasteiger partial charge in [0.05, 0.1) is 11.3 Å². The van der Waals surface area contributed by atoms with Crippen LogP contribution in [0.2, 0.25) is 0 Å². The first-order valence-electron chi connectivity index (χ1n) is 9.97. The standard InChI is InChI=1S/C21H19BFN5OS/c1-12-10-14(18(23)26-19(12)27-7-2-3-8-27)20-25-15-5-9-28(21(29)17(15)30-20)13-4-6-24-16(22)11-13/h4,6,10-11H,2-3,5,7-9H2,1H3. The molecular weight excluding hydrogens is 400 g/mol. The van der Waals surface area contributed by atoms with E-state index in [1.54, 1.807) is 29.3 Å². The lowest BCUT2D eigenvalue weighted by Crippen LogP contribution is -2.37. The molecule has 0 aliphatic carbocycles. The van der Waals surface area contributed by atoms with Crippen molar-refractivity contribution in [1.29, 1.82) is 0 Å². The van der Waals surface area contributed by atoms with Crippen LogP contribution in [0.3, 0.4) is 0 Å². The minimum Gasteiger partial charge on any atom is -0.356 e. The van der Waals surface area contributed by atoms with E-state index in [9.17, 15) is 9.18 Å². The van der Waals surface area contributed by atoms with Crippen molar-refractivity contribution in [3.05, 3.63) is 46.5 Å². The Labute approximate surface area is 179 Å². The maximum absolute atomic E-state index is 14.9. The van der Waals surface area contributed by atoms with E-state index in [0.29, 0.717) is 51.2 Å². The largest absolute Gasteiger partial charge is 0.356 e. The molecule has 3 aromatic rings. The second-order valence-electron chi connectivity index (χ2n) is 7.60. The molecule has 1 fully saturated rings. The van der Waals surface area contributed by atoms with Crippen molar-refractivity contribution in [2.45, 2.75) is 26.2 Å². The van der Waals surface area contributed by atoms with Gasteiger partial charge in [-0.05, 0) is 49.1 Å². The summed E-state index contributed by atoms with van der Waals surface area (Å²) < 4.78 is 14.9. The summed E-state index contributed by atoms with van der Waals surface area (Å²) in [4.78, 5) is 30.2. The number of pyridine rings is 2. The molecule has 5 heterocycles. The number of fused-ring (bicyclic) bond motifs is 1. The zero-order chi connectivity index (χ0) is 20.8. The molecule has 0 atom stereocenters. The summed E-state index contributed by atoms with van der Waals surface area (Å²) in [5.74, 6) is 0.0109. The molecule has 2 radical (unpaired) electrons. The predicted molar refractivity (Wildman–Crippen MR) is 116 cm³/mol. The van der Waals surface area contributed by atoms with Crippen molar-refractivity contribution in [2.24, 2.45) is 0 Å². The molecule has 1 amide bonds. The van der Waals surface area contributed by atoms with Crippen LogP contribution >= 0.6 is 11.3 Å². The molecule has 1 saturated heterocycles. The third-order valence-corrected chi connectivity index (χ3v) is 6.68. The zero-order valence-corrected chi connectivity index (χ0v) is 17.4. The lowest BCUT2D eigenvalue weighted by Gasteiger charge is -2.26. The van der Waals surface area contributed by atoms with Crippen molar-refractivity contribution in [1.82, 2.24) is 15.0 Å². The van der Waals surface area contributed by atoms with Gasteiger partial charge in [-0.3, -0.25) is 9.78 Å². The fourth-order valence-electron chi connectivity index (χ4n) is 4.08. The number of carbonyl (C=O) groups excluding carboxylic acids is 1. The van der Waals surface area contributed by atoms with Crippen molar-refractivity contribution in [2.75, 3.05) is 29.4 Å². The number of rotatable bonds is 3. The van der Waals surface area contributed by atoms with Gasteiger partial charge in [-0.2, -0.15) is 4.39 Å². The number of halogens is 1. The number of hydrogen-bond acceptors (Lipinski definition) is 6. The summed E-state index contributed by atoms with van der Waals surface area (Å²) in [6.45, 7) is 4.24. The van der Waals surface area contributed by atoms with Crippen molar-refractivity contribution in [3.8, 4) is 10.6 Å². The SMILES string of the molecule is [B]c1cc(N2CCc3nc(-c4cc(C)c(N5CCCC5)nc4F)sc3C2=O)ccn1. The lowest BCUT2D eigenvalue weighted by molar-refractivity contribution is 0.0984. The minimum absolute atomic E-state index is 0.149. The van der Waals surface area contributed by atoms with Gasteiger partial charge in [-0.1, -0.05) is 0 Å². The van der Waals surface area contributed by atoms with Gasteiger partial charge < -0.3 is 9.80 Å². The Morgan fingerprint density at radius 3 is 2.73 bits per heavy atom. The third kappa shape index (κ3) is 3.27. The molecule has 0 spiro atoms. The normalized spacial score (nSPS) is 16.3. The number of anilines is 2. The fraction of sp³-hybridized carbons (Fsp3) is 0.333. The maximum atomic E-state index is 14.9. The van der Waals surface area contributed by atoms with E-state index in [1.807, 2.05) is 6.92 Å². The molecule has 0 unspecified atom stereocenters. The Morgan fingerprint density at radius 1 is 1.17 bits per heavy atom. The van der Waals surface area contributed by atoms with Crippen LogP contribution in [0.1, 0.15) is 33.8 Å². The number of thiazole rings is 1. The summed E-state index contributed by atoms with van der Waals surface area (Å²) in [6, 6.07) is 5.23. The summed E-state index contributed by atoms with van der Waals surface area (Å²) >= 11 is 1.22. The van der Waals surface area contributed by atoms with Gasteiger partial charge >= 0.3 is 0 Å². The number of carbonyl (C=O) groups is 1. The summed E-state index contributed by atoms with van der Waals surface area (Å²) in [7, 11) is 5.76. The fourth-order valence-corrected chi connectivity index (χ4v) is 5.14. The van der Waals surface area contributed by atoms with Gasteiger partial charge in [0.2, 0.25) is 5.95 Å². The molecule has 9 heteroatoms. The van der Waals surface area contributed by atoms with Crippen LogP contribution in [0.15, 0.2) is 24.4 Å². The third-order valence-electron chi connectivity index (χ3n) is 5.56. The summed E-state index contributed by atoms with van der Waals surface area (Å²) in [5.41, 5.74) is 3.03. The molecule has 0 saturated carbocycles. The molecular formula is C21H19BFN5OS. The highest BCUT2D eigenvalue weighted by atomic mass is 32.1. The molecule has 2 aliphatic rings. The average molecular weight is 419 g/mol. The highest BCUT2D eigenvalue weighted by Crippen LogP contribution is 2.36. The second kappa shape index (κ2) is 7.47. The molecule has 0 aromatic carbocycles. The van der Waals surface area contributed by atoms with E-state index < -0.39 is 5.95 Å². The van der Waals surface area contributed by atoms with Crippen molar-refractivity contribution >= 4 is 42.2 Å². The molecule has 3 aromatic heterocycles. The van der Waals surface area contributed by atoms with Crippen molar-refractivity contribution < 1.29 is 9.18 Å². The van der Waals surface area contributed by atoms with Crippen LogP contribution < -0.4 is 15.4 Å². The lowest BCUT2D eigenvalue weighted by atomic mass is 10.0. The van der Waals surface area contributed by atoms with Crippen LogP contribution in [0, 0.1) is 12.9 Å². The number of nitrogens with zero attached hydrogens (tertiary/aromatic N) is 5. The van der Waals surface area contributed by atoms with Crippen LogP contribution in [-0.2, 0) is 6.42 Å². The smallest absolute Gasteiger partial charge is 0.270 e. The van der Waals surface area contributed by atoms with Gasteiger partial charge in [0.15, 0.2) is 0 Å². The number of aryl methyl sites for hydroxylation is 1. The van der Waals surface area contributed by atoms with Crippen LogP contribution in [0.4, 0.5) is 15.9 Å². The van der Waals surface area contributed by atoms with E-state index in [0.717, 1.165) is 31.5 Å². The maximum Gasteiger partial charge on any atom is 0.270 e. The number of aromatic nitrogens is 3. The van der Waals surface area contributed by atoms with Gasteiger partial charge in [-0.25, -0.2) is 9.97 Å². The Hall–Kier alpha value is -2.81. The first-order chi connectivity index (χ1) is 14.5. The molecule has 0 bridgehead atoms. The molecule has 150 valence electrons. The minimum atomic E-state index is -0.542. The number of amides is 1. The highest BCUT2D eigenvalue weighted by Gasteiger charge is 2.30. The molecule has 5 rings (SSSR count). The average Bonchev–Trinajstić information content (AvgIpc) is 3.40. The Bertz CT molecular complexity index is 1140. The van der Waals surface area contributed by atoms with Crippen LogP contribution in [-0.4, -0.2) is 48.3 Å². The van der Waals surface area contributed by atoms with E-state index >= 15 is 0 Å². The van der Waals surface area contributed by atoms with Crippen LogP contribution in [0.5, 0.6) is 0 Å². The van der Waals surface area contributed by atoms with Crippen molar-refractivity contribution in [3.63, 3.8) is 0 Å². The number of hydrogen-bond donors (Lipinski definition) is 0. The van der Waals surface area contributed by atoms with E-state index in [1.165, 1.54) is 11.3 Å². The first kappa shape index (κ1) is 19.2. The quantitative estimate of drug-likeness (QED) is 0.483. The monoisotopic (exact) mass is 419 g/mol. The molecule has 6 nitrogen and oxygen atoms in total. The summed E-state index contributed by atoms with van der Waals surface area (Å²) in [6.07, 6.45) is 4.38. The topological polar surface area (TPSA) is 62.2 Å². The Morgan fingerprint density at radius 2 is 1.97 bits per heavy atom. The Balaban J connectivity index is 1.48. The van der Waals surface area contributed by atoms with Gasteiger partial charge in [-0.15, -0.1) is 11.3 Å². The first-order valence-corrected chi connectivity index (χ1v) is 10.8. The highest BCUT2D eigenvalue weighted by molar-refractivity contribution is 7.17. The summed E-state index contributed by atoms with van der Waals surface area (Å²) in [5, 5.41) is 0.491. The van der Waals surface area contributed by atoms with E-state index in [2.05, 4.69) is 19.9 Å². The predicted octanol–water partition coefficient (Wildman–Crippen LogP) is 2.64.